The Morgan fingerprint density at radius 2 is 1.85 bits per heavy atom. The van der Waals surface area contributed by atoms with Crippen LogP contribution in [-0.2, 0) is 14.3 Å². The van der Waals surface area contributed by atoms with Crippen LogP contribution in [0.25, 0.3) is 0 Å². The fraction of sp³-hybridized carbons (Fsp3) is 0.875. The van der Waals surface area contributed by atoms with Gasteiger partial charge in [0.1, 0.15) is 11.6 Å². The molecule has 3 aliphatic heterocycles. The van der Waals surface area contributed by atoms with Crippen molar-refractivity contribution >= 4 is 17.9 Å². The monoisotopic (exact) mass is 478 g/mol. The molecule has 4 N–H and O–H groups in total. The summed E-state index contributed by atoms with van der Waals surface area (Å²) < 4.78 is 5.24. The molecule has 1 saturated carbocycles. The zero-order valence-electron chi connectivity index (χ0n) is 21.1. The van der Waals surface area contributed by atoms with Crippen molar-refractivity contribution < 1.29 is 19.1 Å². The number of alkyl carbamates (subject to hydrolysis) is 1. The largest absolute Gasteiger partial charge is 0.444 e. The Hall–Kier alpha value is -1.91. The van der Waals surface area contributed by atoms with Gasteiger partial charge in [-0.15, -0.1) is 0 Å². The molecule has 0 radical (unpaired) electrons. The van der Waals surface area contributed by atoms with Gasteiger partial charge in [0.2, 0.25) is 11.8 Å². The van der Waals surface area contributed by atoms with Gasteiger partial charge in [0.25, 0.3) is 0 Å². The number of hydrogen-bond acceptors (Lipinski definition) is 7. The van der Waals surface area contributed by atoms with Gasteiger partial charge in [-0.25, -0.2) is 10.2 Å². The lowest BCUT2D eigenvalue weighted by Gasteiger charge is -2.37. The van der Waals surface area contributed by atoms with E-state index in [-0.39, 0.29) is 29.8 Å². The van der Waals surface area contributed by atoms with Gasteiger partial charge in [0, 0.05) is 51.2 Å². The van der Waals surface area contributed by atoms with Crippen molar-refractivity contribution in [1.29, 1.82) is 0 Å². The molecule has 3 heterocycles. The number of likely N-dealkylation sites (N-methyl/N-ethyl adjacent to an activating group) is 1. The lowest BCUT2D eigenvalue weighted by Crippen LogP contribution is -2.55. The lowest BCUT2D eigenvalue weighted by molar-refractivity contribution is -0.138. The van der Waals surface area contributed by atoms with Gasteiger partial charge in [0.15, 0.2) is 0 Å². The molecule has 0 bridgehead atoms. The van der Waals surface area contributed by atoms with E-state index >= 15 is 0 Å². The van der Waals surface area contributed by atoms with Crippen molar-refractivity contribution in [2.75, 3.05) is 33.2 Å². The minimum atomic E-state index is -0.559. The zero-order valence-corrected chi connectivity index (χ0v) is 21.1. The number of carbonyl (C=O) groups excluding carboxylic acids is 3. The van der Waals surface area contributed by atoms with Crippen LogP contribution in [0.1, 0.15) is 59.3 Å². The maximum Gasteiger partial charge on any atom is 0.407 e. The van der Waals surface area contributed by atoms with Crippen LogP contribution in [0, 0.1) is 11.8 Å². The summed E-state index contributed by atoms with van der Waals surface area (Å²) in [4.78, 5) is 41.9. The number of piperidine rings is 1. The summed E-state index contributed by atoms with van der Waals surface area (Å²) in [6.07, 6.45) is 6.22. The number of hydrogen-bond donors (Lipinski definition) is 4. The number of hydrazine groups is 1. The van der Waals surface area contributed by atoms with Gasteiger partial charge in [0.05, 0.1) is 6.04 Å². The average molecular weight is 479 g/mol. The maximum absolute atomic E-state index is 13.3. The molecule has 192 valence electrons. The molecule has 4 rings (SSSR count). The summed E-state index contributed by atoms with van der Waals surface area (Å²) in [6.45, 7) is 7.43. The van der Waals surface area contributed by atoms with Crippen LogP contribution >= 0.6 is 0 Å². The van der Waals surface area contributed by atoms with Crippen LogP contribution in [0.4, 0.5) is 4.79 Å². The summed E-state index contributed by atoms with van der Waals surface area (Å²) in [5, 5.41) is 6.30. The number of fused-ring (bicyclic) bond motifs is 2. The Morgan fingerprint density at radius 1 is 1.09 bits per heavy atom. The number of nitrogens with one attached hydrogen (secondary N) is 4. The predicted octanol–water partition coefficient (Wildman–Crippen LogP) is 0.584. The highest BCUT2D eigenvalue weighted by Gasteiger charge is 2.47. The number of carbonyl (C=O) groups is 3. The van der Waals surface area contributed by atoms with E-state index in [0.717, 1.165) is 19.4 Å². The molecule has 10 nitrogen and oxygen atoms in total. The van der Waals surface area contributed by atoms with E-state index in [0.29, 0.717) is 31.6 Å². The highest BCUT2D eigenvalue weighted by atomic mass is 16.6. The molecule has 6 atom stereocenters. The van der Waals surface area contributed by atoms with E-state index in [1.807, 2.05) is 25.7 Å². The van der Waals surface area contributed by atoms with Crippen LogP contribution in [0.2, 0.25) is 0 Å². The Bertz CT molecular complexity index is 757. The molecule has 0 aromatic carbocycles. The molecule has 0 spiro atoms. The SMILES string of the molecule is CN(CCNC(=O)OC(C)(C)C)C(=O)C1NNC2CCN(C(=O)C3CC4CCCCC4N3)CC21. The average Bonchev–Trinajstić information content (AvgIpc) is 3.40. The molecule has 34 heavy (non-hydrogen) atoms. The van der Waals surface area contributed by atoms with Crippen molar-refractivity contribution in [1.82, 2.24) is 31.3 Å². The first-order valence-electron chi connectivity index (χ1n) is 12.9. The molecule has 4 aliphatic rings. The number of ether oxygens (including phenoxy) is 1. The molecule has 3 amide bonds. The second-order valence-corrected chi connectivity index (χ2v) is 11.4. The fourth-order valence-electron chi connectivity index (χ4n) is 5.97. The summed E-state index contributed by atoms with van der Waals surface area (Å²) in [5.74, 6) is 0.814. The fourth-order valence-corrected chi connectivity index (χ4v) is 5.97. The first kappa shape index (κ1) is 25.2. The summed E-state index contributed by atoms with van der Waals surface area (Å²) in [5.41, 5.74) is 5.89. The zero-order chi connectivity index (χ0) is 24.5. The summed E-state index contributed by atoms with van der Waals surface area (Å²) >= 11 is 0. The van der Waals surface area contributed by atoms with Crippen molar-refractivity contribution in [3.63, 3.8) is 0 Å². The molecule has 3 saturated heterocycles. The van der Waals surface area contributed by atoms with Gasteiger partial charge in [-0.3, -0.25) is 15.0 Å². The van der Waals surface area contributed by atoms with E-state index in [4.69, 9.17) is 4.74 Å². The Labute approximate surface area is 202 Å². The Morgan fingerprint density at radius 3 is 2.59 bits per heavy atom. The number of amides is 3. The minimum Gasteiger partial charge on any atom is -0.444 e. The normalized spacial score (nSPS) is 33.1. The summed E-state index contributed by atoms with van der Waals surface area (Å²) in [6, 6.07) is 0.187. The second-order valence-electron chi connectivity index (χ2n) is 11.4. The van der Waals surface area contributed by atoms with Gasteiger partial charge in [-0.2, -0.15) is 0 Å². The highest BCUT2D eigenvalue weighted by molar-refractivity contribution is 5.84. The van der Waals surface area contributed by atoms with Crippen LogP contribution in [0.5, 0.6) is 0 Å². The molecule has 10 heteroatoms. The van der Waals surface area contributed by atoms with Gasteiger partial charge < -0.3 is 25.2 Å². The first-order valence-corrected chi connectivity index (χ1v) is 12.9. The van der Waals surface area contributed by atoms with Crippen molar-refractivity contribution in [2.24, 2.45) is 11.8 Å². The van der Waals surface area contributed by atoms with E-state index in [1.165, 1.54) is 25.7 Å². The van der Waals surface area contributed by atoms with E-state index in [2.05, 4.69) is 21.5 Å². The standard InChI is InChI=1S/C24H42N6O4/c1-24(2,3)34-23(33)25-10-12-29(4)22(32)20-16-14-30(11-9-18(16)27-28-20)21(31)19-13-15-7-5-6-8-17(15)26-19/h15-20,26-28H,5-14H2,1-4H3,(H,25,33). The van der Waals surface area contributed by atoms with Crippen molar-refractivity contribution in [3.05, 3.63) is 0 Å². The van der Waals surface area contributed by atoms with E-state index in [9.17, 15) is 14.4 Å². The van der Waals surface area contributed by atoms with Crippen LogP contribution < -0.4 is 21.5 Å². The third-order valence-electron chi connectivity index (χ3n) is 7.74. The minimum absolute atomic E-state index is 0.0233. The van der Waals surface area contributed by atoms with Crippen molar-refractivity contribution in [2.45, 2.75) is 89.1 Å². The van der Waals surface area contributed by atoms with E-state index in [1.54, 1.807) is 11.9 Å². The Balaban J connectivity index is 1.27. The van der Waals surface area contributed by atoms with Gasteiger partial charge in [-0.05, 0) is 52.4 Å². The first-order chi connectivity index (χ1) is 16.1. The Kier molecular flexibility index (Phi) is 7.69. The van der Waals surface area contributed by atoms with Gasteiger partial charge in [-0.1, -0.05) is 12.8 Å². The van der Waals surface area contributed by atoms with Crippen molar-refractivity contribution in [3.8, 4) is 0 Å². The third kappa shape index (κ3) is 5.83. The van der Waals surface area contributed by atoms with Crippen LogP contribution in [-0.4, -0.2) is 90.7 Å². The molecule has 0 aromatic heterocycles. The lowest BCUT2D eigenvalue weighted by atomic mass is 9.84. The predicted molar refractivity (Wildman–Crippen MR) is 128 cm³/mol. The van der Waals surface area contributed by atoms with E-state index < -0.39 is 17.7 Å². The number of nitrogens with zero attached hydrogens (tertiary/aromatic N) is 2. The molecular formula is C24H42N6O4. The molecule has 6 unspecified atom stereocenters. The smallest absolute Gasteiger partial charge is 0.407 e. The van der Waals surface area contributed by atoms with Gasteiger partial charge >= 0.3 is 6.09 Å². The molecule has 1 aliphatic carbocycles. The van der Waals surface area contributed by atoms with Crippen LogP contribution in [0.3, 0.4) is 0 Å². The molecule has 4 fully saturated rings. The number of rotatable bonds is 5. The third-order valence-corrected chi connectivity index (χ3v) is 7.74. The topological polar surface area (TPSA) is 115 Å². The molecular weight excluding hydrogens is 436 g/mol. The maximum atomic E-state index is 13.3. The molecule has 0 aromatic rings. The van der Waals surface area contributed by atoms with Crippen LogP contribution in [0.15, 0.2) is 0 Å². The summed E-state index contributed by atoms with van der Waals surface area (Å²) in [7, 11) is 1.74. The number of likely N-dealkylation sites (tertiary alicyclic amines) is 1. The highest BCUT2D eigenvalue weighted by Crippen LogP contribution is 2.34. The quantitative estimate of drug-likeness (QED) is 0.457. The second kappa shape index (κ2) is 10.4.